The van der Waals surface area contributed by atoms with Crippen molar-refractivity contribution in [2.24, 2.45) is 0 Å². The molecule has 96 valence electrons. The lowest BCUT2D eigenvalue weighted by Crippen LogP contribution is -2.30. The summed E-state index contributed by atoms with van der Waals surface area (Å²) in [7, 11) is 0. The molecule has 0 saturated carbocycles. The van der Waals surface area contributed by atoms with Crippen LogP contribution in [0.1, 0.15) is 15.9 Å². The van der Waals surface area contributed by atoms with Crippen molar-refractivity contribution < 1.29 is 9.59 Å². The number of Topliss-reactive ketones (excluding diaryl/α,β-unsaturated/α-hetero) is 1. The molecule has 0 aliphatic rings. The maximum atomic E-state index is 11.8. The summed E-state index contributed by atoms with van der Waals surface area (Å²) in [6.45, 7) is 0.332. The normalized spacial score (nSPS) is 9.95. The summed E-state index contributed by atoms with van der Waals surface area (Å²) in [4.78, 5) is 23.5. The van der Waals surface area contributed by atoms with Gasteiger partial charge < -0.3 is 5.32 Å². The Labute approximate surface area is 116 Å². The van der Waals surface area contributed by atoms with Gasteiger partial charge in [0.25, 0.3) is 5.91 Å². The van der Waals surface area contributed by atoms with Crippen LogP contribution in [0.15, 0.2) is 54.6 Å². The molecule has 19 heavy (non-hydrogen) atoms. The zero-order valence-electron chi connectivity index (χ0n) is 10.1. The second-order valence-corrected chi connectivity index (χ2v) is 4.44. The third-order valence-electron chi connectivity index (χ3n) is 2.61. The Kier molecular flexibility index (Phi) is 4.31. The van der Waals surface area contributed by atoms with Gasteiger partial charge in [0.05, 0.1) is 0 Å². The van der Waals surface area contributed by atoms with Gasteiger partial charge in [-0.2, -0.15) is 0 Å². The van der Waals surface area contributed by atoms with Crippen LogP contribution in [-0.2, 0) is 11.3 Å². The van der Waals surface area contributed by atoms with E-state index >= 15 is 0 Å². The van der Waals surface area contributed by atoms with Gasteiger partial charge in [-0.15, -0.1) is 0 Å². The van der Waals surface area contributed by atoms with E-state index in [0.717, 1.165) is 5.56 Å². The molecule has 1 amide bonds. The van der Waals surface area contributed by atoms with E-state index in [2.05, 4.69) is 5.32 Å². The van der Waals surface area contributed by atoms with Crippen molar-refractivity contribution in [1.29, 1.82) is 0 Å². The third kappa shape index (κ3) is 3.66. The molecule has 0 atom stereocenters. The first-order valence-corrected chi connectivity index (χ1v) is 6.16. The first-order valence-electron chi connectivity index (χ1n) is 5.79. The smallest absolute Gasteiger partial charge is 0.292 e. The van der Waals surface area contributed by atoms with E-state index in [1.807, 2.05) is 30.3 Å². The van der Waals surface area contributed by atoms with Gasteiger partial charge in [0.15, 0.2) is 0 Å². The van der Waals surface area contributed by atoms with Crippen molar-refractivity contribution in [1.82, 2.24) is 5.32 Å². The SMILES string of the molecule is O=C(NCc1ccccc1)C(=O)c1ccc(Cl)cc1. The summed E-state index contributed by atoms with van der Waals surface area (Å²) >= 11 is 5.73. The van der Waals surface area contributed by atoms with Crippen molar-refractivity contribution in [3.05, 3.63) is 70.7 Å². The second kappa shape index (κ2) is 6.16. The largest absolute Gasteiger partial charge is 0.345 e. The molecule has 0 unspecified atom stereocenters. The summed E-state index contributed by atoms with van der Waals surface area (Å²) in [5.74, 6) is -1.18. The van der Waals surface area contributed by atoms with E-state index in [9.17, 15) is 9.59 Å². The number of rotatable bonds is 4. The molecular formula is C15H12ClNO2. The fourth-order valence-corrected chi connectivity index (χ4v) is 1.72. The van der Waals surface area contributed by atoms with Gasteiger partial charge in [-0.25, -0.2) is 0 Å². The van der Waals surface area contributed by atoms with E-state index in [4.69, 9.17) is 11.6 Å². The predicted octanol–water partition coefficient (Wildman–Crippen LogP) is 2.84. The van der Waals surface area contributed by atoms with E-state index in [1.54, 1.807) is 12.1 Å². The van der Waals surface area contributed by atoms with Gasteiger partial charge >= 0.3 is 0 Å². The number of hydrogen-bond donors (Lipinski definition) is 1. The van der Waals surface area contributed by atoms with E-state index < -0.39 is 11.7 Å². The summed E-state index contributed by atoms with van der Waals surface area (Å²) in [5, 5.41) is 3.12. The minimum absolute atomic E-state index is 0.329. The predicted molar refractivity (Wildman–Crippen MR) is 74.1 cm³/mol. The van der Waals surface area contributed by atoms with Crippen LogP contribution in [0, 0.1) is 0 Å². The van der Waals surface area contributed by atoms with Crippen molar-refractivity contribution in [3.8, 4) is 0 Å². The van der Waals surface area contributed by atoms with Crippen LogP contribution in [0.5, 0.6) is 0 Å². The van der Waals surface area contributed by atoms with Gasteiger partial charge in [0.1, 0.15) is 0 Å². The average Bonchev–Trinajstić information content (AvgIpc) is 2.46. The molecule has 0 spiro atoms. The van der Waals surface area contributed by atoms with Gasteiger partial charge in [0, 0.05) is 17.1 Å². The van der Waals surface area contributed by atoms with Crippen LogP contribution in [0.4, 0.5) is 0 Å². The standard InChI is InChI=1S/C15H12ClNO2/c16-13-8-6-12(7-9-13)14(18)15(19)17-10-11-4-2-1-3-5-11/h1-9H,10H2,(H,17,19). The summed E-state index contributed by atoms with van der Waals surface area (Å²) in [5.41, 5.74) is 1.27. The highest BCUT2D eigenvalue weighted by molar-refractivity contribution is 6.43. The number of nitrogens with one attached hydrogen (secondary N) is 1. The minimum Gasteiger partial charge on any atom is -0.345 e. The van der Waals surface area contributed by atoms with E-state index in [-0.39, 0.29) is 0 Å². The molecular weight excluding hydrogens is 262 g/mol. The first-order chi connectivity index (χ1) is 9.16. The topological polar surface area (TPSA) is 46.2 Å². The Morgan fingerprint density at radius 3 is 2.21 bits per heavy atom. The summed E-state index contributed by atoms with van der Waals surface area (Å²) in [6, 6.07) is 15.6. The van der Waals surface area contributed by atoms with Crippen LogP contribution >= 0.6 is 11.6 Å². The molecule has 1 N–H and O–H groups in total. The fraction of sp³-hybridized carbons (Fsp3) is 0.0667. The molecule has 0 fully saturated rings. The molecule has 3 nitrogen and oxygen atoms in total. The highest BCUT2D eigenvalue weighted by Gasteiger charge is 2.15. The zero-order valence-corrected chi connectivity index (χ0v) is 10.9. The van der Waals surface area contributed by atoms with Crippen LogP contribution in [0.25, 0.3) is 0 Å². The molecule has 0 saturated heterocycles. The quantitative estimate of drug-likeness (QED) is 0.688. The molecule has 0 bridgehead atoms. The Morgan fingerprint density at radius 2 is 1.58 bits per heavy atom. The molecule has 2 aromatic carbocycles. The molecule has 0 aliphatic heterocycles. The fourth-order valence-electron chi connectivity index (χ4n) is 1.59. The lowest BCUT2D eigenvalue weighted by Gasteiger charge is -2.04. The minimum atomic E-state index is -0.619. The van der Waals surface area contributed by atoms with E-state index in [1.165, 1.54) is 12.1 Å². The molecule has 4 heteroatoms. The Bertz CT molecular complexity index is 579. The van der Waals surface area contributed by atoms with E-state index in [0.29, 0.717) is 17.1 Å². The van der Waals surface area contributed by atoms with Gasteiger partial charge in [-0.3, -0.25) is 9.59 Å². The molecule has 2 aromatic rings. The average molecular weight is 274 g/mol. The Morgan fingerprint density at radius 1 is 0.947 bits per heavy atom. The molecule has 0 heterocycles. The number of carbonyl (C=O) groups is 2. The molecule has 0 radical (unpaired) electrons. The van der Waals surface area contributed by atoms with Gasteiger partial charge in [-0.05, 0) is 29.8 Å². The first kappa shape index (κ1) is 13.3. The number of ketones is 1. The number of amides is 1. The lowest BCUT2D eigenvalue weighted by atomic mass is 10.1. The van der Waals surface area contributed by atoms with Crippen LogP contribution in [-0.4, -0.2) is 11.7 Å². The molecule has 0 aliphatic carbocycles. The third-order valence-corrected chi connectivity index (χ3v) is 2.86. The summed E-state index contributed by atoms with van der Waals surface area (Å²) in [6.07, 6.45) is 0. The Balaban J connectivity index is 1.96. The Hall–Kier alpha value is -2.13. The monoisotopic (exact) mass is 273 g/mol. The second-order valence-electron chi connectivity index (χ2n) is 4.00. The molecule has 2 rings (SSSR count). The zero-order chi connectivity index (χ0) is 13.7. The van der Waals surface area contributed by atoms with Crippen LogP contribution < -0.4 is 5.32 Å². The number of halogens is 1. The molecule has 0 aromatic heterocycles. The summed E-state index contributed by atoms with van der Waals surface area (Å²) < 4.78 is 0. The highest BCUT2D eigenvalue weighted by atomic mass is 35.5. The number of benzene rings is 2. The van der Waals surface area contributed by atoms with Crippen LogP contribution in [0.3, 0.4) is 0 Å². The van der Waals surface area contributed by atoms with Gasteiger partial charge in [0.2, 0.25) is 5.78 Å². The lowest BCUT2D eigenvalue weighted by molar-refractivity contribution is -0.117. The van der Waals surface area contributed by atoms with Crippen molar-refractivity contribution in [2.45, 2.75) is 6.54 Å². The number of carbonyl (C=O) groups excluding carboxylic acids is 2. The van der Waals surface area contributed by atoms with Crippen molar-refractivity contribution in [3.63, 3.8) is 0 Å². The van der Waals surface area contributed by atoms with Crippen molar-refractivity contribution >= 4 is 23.3 Å². The number of hydrogen-bond acceptors (Lipinski definition) is 2. The van der Waals surface area contributed by atoms with Crippen LogP contribution in [0.2, 0.25) is 5.02 Å². The maximum absolute atomic E-state index is 11.8. The maximum Gasteiger partial charge on any atom is 0.292 e. The van der Waals surface area contributed by atoms with Crippen molar-refractivity contribution in [2.75, 3.05) is 0 Å². The highest BCUT2D eigenvalue weighted by Crippen LogP contribution is 2.10. The van der Waals surface area contributed by atoms with Gasteiger partial charge in [-0.1, -0.05) is 41.9 Å².